The maximum Gasteiger partial charge on any atom is 0.408 e. The molecule has 2 atom stereocenters. The van der Waals surface area contributed by atoms with Gasteiger partial charge in [-0.3, -0.25) is 9.59 Å². The number of nitrogens with one attached hydrogen (secondary N) is 3. The number of carbonyl (C=O) groups is 3. The van der Waals surface area contributed by atoms with Gasteiger partial charge < -0.3 is 25.8 Å². The van der Waals surface area contributed by atoms with Gasteiger partial charge in [-0.05, 0) is 101 Å². The highest BCUT2D eigenvalue weighted by Gasteiger charge is 2.29. The van der Waals surface area contributed by atoms with Gasteiger partial charge in [0.25, 0.3) is 0 Å². The van der Waals surface area contributed by atoms with E-state index in [1.807, 2.05) is 20.1 Å². The highest BCUT2D eigenvalue weighted by atomic mass is 32.2. The number of amides is 3. The third-order valence-electron chi connectivity index (χ3n) is 7.15. The highest BCUT2D eigenvalue weighted by Crippen LogP contribution is 2.27. The molecule has 1 fully saturated rings. The normalized spacial score (nSPS) is 15.7. The molecule has 8 nitrogen and oxygen atoms in total. The maximum atomic E-state index is 13.5. The van der Waals surface area contributed by atoms with Crippen LogP contribution in [0.15, 0.2) is 12.1 Å². The van der Waals surface area contributed by atoms with Crippen molar-refractivity contribution in [2.45, 2.75) is 110 Å². The summed E-state index contributed by atoms with van der Waals surface area (Å²) in [4.78, 5) is 39.3. The molecule has 2 rings (SSSR count). The SMILES string of the molecule is CSCC[C@@H](NC(=O)[C@H](Cc1c(C)cc(O)cc1C)NC(=O)OC(C)(C)C)C(=O)NCCCC1CCCCC1. The molecule has 0 saturated heterocycles. The first-order chi connectivity index (χ1) is 18.4. The number of phenolic OH excluding ortho intramolecular Hbond substituents is 1. The molecule has 39 heavy (non-hydrogen) atoms. The van der Waals surface area contributed by atoms with Gasteiger partial charge in [-0.2, -0.15) is 11.8 Å². The Hall–Kier alpha value is -2.42. The topological polar surface area (TPSA) is 117 Å². The number of carbonyl (C=O) groups excluding carboxylic acids is 3. The van der Waals surface area contributed by atoms with Gasteiger partial charge in [0, 0.05) is 13.0 Å². The van der Waals surface area contributed by atoms with Crippen molar-refractivity contribution < 1.29 is 24.2 Å². The van der Waals surface area contributed by atoms with Crippen LogP contribution in [-0.4, -0.2) is 59.3 Å². The van der Waals surface area contributed by atoms with Crippen LogP contribution in [0.2, 0.25) is 0 Å². The third kappa shape index (κ3) is 12.1. The Kier molecular flexibility index (Phi) is 13.4. The molecule has 220 valence electrons. The smallest absolute Gasteiger partial charge is 0.408 e. The lowest BCUT2D eigenvalue weighted by Crippen LogP contribution is -2.55. The van der Waals surface area contributed by atoms with Gasteiger partial charge in [0.15, 0.2) is 0 Å². The minimum atomic E-state index is -0.960. The van der Waals surface area contributed by atoms with Gasteiger partial charge in [0.1, 0.15) is 23.4 Å². The summed E-state index contributed by atoms with van der Waals surface area (Å²) in [6.45, 7) is 9.57. The van der Waals surface area contributed by atoms with Crippen molar-refractivity contribution in [3.63, 3.8) is 0 Å². The van der Waals surface area contributed by atoms with E-state index in [0.717, 1.165) is 35.4 Å². The predicted octanol–water partition coefficient (Wildman–Crippen LogP) is 5.16. The molecule has 0 aliphatic heterocycles. The Bertz CT molecular complexity index is 933. The number of ether oxygens (including phenoxy) is 1. The number of thioether (sulfide) groups is 1. The fraction of sp³-hybridized carbons (Fsp3) is 0.700. The lowest BCUT2D eigenvalue weighted by molar-refractivity contribution is -0.130. The molecule has 1 aromatic rings. The molecule has 1 aliphatic rings. The lowest BCUT2D eigenvalue weighted by Gasteiger charge is -2.26. The molecule has 1 aliphatic carbocycles. The van der Waals surface area contributed by atoms with Crippen molar-refractivity contribution in [1.29, 1.82) is 0 Å². The van der Waals surface area contributed by atoms with Crippen molar-refractivity contribution in [3.8, 4) is 5.75 Å². The van der Waals surface area contributed by atoms with Gasteiger partial charge in [-0.1, -0.05) is 32.1 Å². The minimum Gasteiger partial charge on any atom is -0.508 e. The summed E-state index contributed by atoms with van der Waals surface area (Å²) in [5.74, 6) is 0.965. The fourth-order valence-electron chi connectivity index (χ4n) is 5.13. The van der Waals surface area contributed by atoms with E-state index in [1.54, 1.807) is 44.7 Å². The third-order valence-corrected chi connectivity index (χ3v) is 7.80. The molecule has 4 N–H and O–H groups in total. The zero-order chi connectivity index (χ0) is 29.0. The first kappa shape index (κ1) is 32.8. The molecular weight excluding hydrogens is 514 g/mol. The van der Waals surface area contributed by atoms with E-state index >= 15 is 0 Å². The Morgan fingerprint density at radius 3 is 2.26 bits per heavy atom. The van der Waals surface area contributed by atoms with Crippen LogP contribution in [0.25, 0.3) is 0 Å². The summed E-state index contributed by atoms with van der Waals surface area (Å²) in [5, 5.41) is 18.6. The second-order valence-corrected chi connectivity index (χ2v) is 12.7. The Morgan fingerprint density at radius 1 is 1.03 bits per heavy atom. The van der Waals surface area contributed by atoms with Crippen molar-refractivity contribution in [2.24, 2.45) is 5.92 Å². The summed E-state index contributed by atoms with van der Waals surface area (Å²) in [6.07, 6.45) is 10.5. The van der Waals surface area contributed by atoms with Crippen LogP contribution in [0.5, 0.6) is 5.75 Å². The average Bonchev–Trinajstić information content (AvgIpc) is 2.85. The monoisotopic (exact) mass is 563 g/mol. The van der Waals surface area contributed by atoms with Gasteiger partial charge in [-0.25, -0.2) is 4.79 Å². The fourth-order valence-corrected chi connectivity index (χ4v) is 5.61. The first-order valence-corrected chi connectivity index (χ1v) is 15.6. The van der Waals surface area contributed by atoms with Gasteiger partial charge >= 0.3 is 6.09 Å². The van der Waals surface area contributed by atoms with Crippen LogP contribution in [0, 0.1) is 19.8 Å². The maximum absolute atomic E-state index is 13.5. The lowest BCUT2D eigenvalue weighted by atomic mass is 9.86. The van der Waals surface area contributed by atoms with E-state index in [1.165, 1.54) is 32.1 Å². The number of benzene rings is 1. The van der Waals surface area contributed by atoms with Gasteiger partial charge in [0.05, 0.1) is 0 Å². The molecule has 0 bridgehead atoms. The molecule has 1 saturated carbocycles. The highest BCUT2D eigenvalue weighted by molar-refractivity contribution is 7.98. The molecule has 1 aromatic carbocycles. The van der Waals surface area contributed by atoms with Gasteiger partial charge in [0.2, 0.25) is 11.8 Å². The number of alkyl carbamates (subject to hydrolysis) is 1. The van der Waals surface area contributed by atoms with E-state index in [9.17, 15) is 19.5 Å². The van der Waals surface area contributed by atoms with Crippen LogP contribution in [0.4, 0.5) is 4.79 Å². The molecule has 0 heterocycles. The number of aryl methyl sites for hydroxylation is 2. The van der Waals surface area contributed by atoms with Crippen LogP contribution in [-0.2, 0) is 20.7 Å². The first-order valence-electron chi connectivity index (χ1n) is 14.2. The number of phenols is 1. The second kappa shape index (κ2) is 16.0. The standard InChI is InChI=1S/C30H49N3O5S/c1-20-17-23(34)18-21(2)24(20)19-26(33-29(37)38-30(3,4)5)28(36)32-25(14-16-39-6)27(35)31-15-10-13-22-11-8-7-9-12-22/h17-18,22,25-26,34H,7-16,19H2,1-6H3,(H,31,35)(H,32,36)(H,33,37)/t25-,26+/m1/s1. The van der Waals surface area contributed by atoms with Crippen LogP contribution in [0.1, 0.15) is 88.8 Å². The zero-order valence-electron chi connectivity index (χ0n) is 24.7. The van der Waals surface area contributed by atoms with Crippen LogP contribution < -0.4 is 16.0 Å². The Balaban J connectivity index is 2.10. The van der Waals surface area contributed by atoms with E-state index in [2.05, 4.69) is 16.0 Å². The summed E-state index contributed by atoms with van der Waals surface area (Å²) < 4.78 is 5.42. The predicted molar refractivity (Wildman–Crippen MR) is 158 cm³/mol. The number of hydrogen-bond donors (Lipinski definition) is 4. The molecule has 0 aromatic heterocycles. The van der Waals surface area contributed by atoms with Crippen LogP contribution >= 0.6 is 11.8 Å². The molecule has 9 heteroatoms. The van der Waals surface area contributed by atoms with Gasteiger partial charge in [-0.15, -0.1) is 0 Å². The summed E-state index contributed by atoms with van der Waals surface area (Å²) in [7, 11) is 0. The number of aromatic hydroxyl groups is 1. The molecular formula is C30H49N3O5S. The molecule has 0 radical (unpaired) electrons. The van der Waals surface area contributed by atoms with E-state index in [4.69, 9.17) is 4.74 Å². The number of rotatable bonds is 13. The van der Waals surface area contributed by atoms with Crippen molar-refractivity contribution in [3.05, 3.63) is 28.8 Å². The van der Waals surface area contributed by atoms with E-state index in [0.29, 0.717) is 18.7 Å². The minimum absolute atomic E-state index is 0.146. The van der Waals surface area contributed by atoms with E-state index < -0.39 is 29.7 Å². The Morgan fingerprint density at radius 2 is 1.67 bits per heavy atom. The van der Waals surface area contributed by atoms with E-state index in [-0.39, 0.29) is 18.1 Å². The Labute approximate surface area is 238 Å². The largest absolute Gasteiger partial charge is 0.508 e. The van der Waals surface area contributed by atoms with Crippen LogP contribution in [0.3, 0.4) is 0 Å². The molecule has 0 unspecified atom stereocenters. The van der Waals surface area contributed by atoms with Crippen molar-refractivity contribution in [2.75, 3.05) is 18.6 Å². The summed E-state index contributed by atoms with van der Waals surface area (Å²) >= 11 is 1.61. The molecule has 3 amide bonds. The van der Waals surface area contributed by atoms with Crippen molar-refractivity contribution in [1.82, 2.24) is 16.0 Å². The number of hydrogen-bond acceptors (Lipinski definition) is 6. The summed E-state index contributed by atoms with van der Waals surface area (Å²) in [6, 6.07) is 1.60. The average molecular weight is 564 g/mol. The molecule has 0 spiro atoms. The second-order valence-electron chi connectivity index (χ2n) is 11.7. The quantitative estimate of drug-likeness (QED) is 0.246. The zero-order valence-corrected chi connectivity index (χ0v) is 25.5. The van der Waals surface area contributed by atoms with Crippen molar-refractivity contribution >= 4 is 29.7 Å². The summed E-state index contributed by atoms with van der Waals surface area (Å²) in [5.41, 5.74) is 1.74.